The summed E-state index contributed by atoms with van der Waals surface area (Å²) in [5.41, 5.74) is -4.16. The van der Waals surface area contributed by atoms with Gasteiger partial charge < -0.3 is 5.32 Å². The average molecular weight is 430 g/mol. The standard InChI is InChI=1S/C16H11F5N6O3/c1-25-7-10(12(24-25)14(17)18)15(28)23-11-6-22-26(13(11)16(19,20)21)8-2-4-9(5-3-8)27(29)30/h2-7,14H,1H3,(H,23,28). The van der Waals surface area contributed by atoms with Crippen LogP contribution >= 0.6 is 0 Å². The van der Waals surface area contributed by atoms with Crippen LogP contribution in [0.4, 0.5) is 33.3 Å². The number of halogens is 5. The first-order chi connectivity index (χ1) is 14.0. The number of carbonyl (C=O) groups is 1. The second kappa shape index (κ2) is 7.53. The number of alkyl halides is 5. The van der Waals surface area contributed by atoms with Gasteiger partial charge in [0.15, 0.2) is 5.69 Å². The van der Waals surface area contributed by atoms with Crippen molar-refractivity contribution in [3.63, 3.8) is 0 Å². The summed E-state index contributed by atoms with van der Waals surface area (Å²) in [5, 5.41) is 19.6. The van der Waals surface area contributed by atoms with E-state index < -0.39 is 46.1 Å². The van der Waals surface area contributed by atoms with Gasteiger partial charge >= 0.3 is 6.18 Å². The van der Waals surface area contributed by atoms with Gasteiger partial charge in [0, 0.05) is 25.4 Å². The Morgan fingerprint density at radius 1 is 1.23 bits per heavy atom. The van der Waals surface area contributed by atoms with Gasteiger partial charge in [-0.2, -0.15) is 23.4 Å². The van der Waals surface area contributed by atoms with Crippen molar-refractivity contribution in [2.24, 2.45) is 7.05 Å². The highest BCUT2D eigenvalue weighted by Crippen LogP contribution is 2.37. The van der Waals surface area contributed by atoms with Gasteiger partial charge in [0.2, 0.25) is 0 Å². The number of amides is 1. The lowest BCUT2D eigenvalue weighted by Crippen LogP contribution is -2.19. The molecular formula is C16H11F5N6O3. The number of aryl methyl sites for hydroxylation is 1. The first-order valence-electron chi connectivity index (χ1n) is 8.02. The number of benzene rings is 1. The zero-order valence-corrected chi connectivity index (χ0v) is 14.9. The minimum atomic E-state index is -5.00. The third-order valence-corrected chi connectivity index (χ3v) is 3.90. The number of rotatable bonds is 5. The van der Waals surface area contributed by atoms with Crippen molar-refractivity contribution in [2.45, 2.75) is 12.6 Å². The van der Waals surface area contributed by atoms with E-state index in [2.05, 4.69) is 10.2 Å². The molecule has 2 heterocycles. The van der Waals surface area contributed by atoms with Gasteiger partial charge in [0.1, 0.15) is 5.69 Å². The van der Waals surface area contributed by atoms with E-state index >= 15 is 0 Å². The van der Waals surface area contributed by atoms with Crippen LogP contribution in [0.1, 0.15) is 28.2 Å². The number of nitrogens with one attached hydrogen (secondary N) is 1. The first kappa shape index (κ1) is 20.9. The summed E-state index contributed by atoms with van der Waals surface area (Å²) in [6.45, 7) is 0. The molecule has 0 radical (unpaired) electrons. The molecule has 0 saturated carbocycles. The summed E-state index contributed by atoms with van der Waals surface area (Å²) in [5.74, 6) is -1.23. The Morgan fingerprint density at radius 2 is 1.87 bits per heavy atom. The molecule has 158 valence electrons. The maximum atomic E-state index is 13.6. The van der Waals surface area contributed by atoms with E-state index in [-0.39, 0.29) is 11.4 Å². The van der Waals surface area contributed by atoms with Crippen LogP contribution in [0.5, 0.6) is 0 Å². The highest BCUT2D eigenvalue weighted by atomic mass is 19.4. The zero-order chi connectivity index (χ0) is 22.2. The molecule has 0 spiro atoms. The van der Waals surface area contributed by atoms with Gasteiger partial charge in [-0.15, -0.1) is 0 Å². The molecule has 2 aromatic heterocycles. The van der Waals surface area contributed by atoms with Crippen LogP contribution in [0, 0.1) is 10.1 Å². The first-order valence-corrected chi connectivity index (χ1v) is 8.02. The fourth-order valence-corrected chi connectivity index (χ4v) is 2.66. The number of nitro benzene ring substituents is 1. The summed E-state index contributed by atoms with van der Waals surface area (Å²) in [6, 6.07) is 4.06. The van der Waals surface area contributed by atoms with Gasteiger partial charge in [-0.1, -0.05) is 0 Å². The zero-order valence-electron chi connectivity index (χ0n) is 14.9. The number of non-ortho nitro benzene ring substituents is 1. The van der Waals surface area contributed by atoms with Crippen molar-refractivity contribution >= 4 is 17.3 Å². The predicted molar refractivity (Wildman–Crippen MR) is 91.3 cm³/mol. The summed E-state index contributed by atoms with van der Waals surface area (Å²) in [7, 11) is 1.27. The normalized spacial score (nSPS) is 11.7. The van der Waals surface area contributed by atoms with Crippen LogP contribution in [0.3, 0.4) is 0 Å². The van der Waals surface area contributed by atoms with Crippen LogP contribution in [-0.2, 0) is 13.2 Å². The molecule has 0 unspecified atom stereocenters. The van der Waals surface area contributed by atoms with Crippen LogP contribution in [0.25, 0.3) is 5.69 Å². The predicted octanol–water partition coefficient (Wildman–Crippen LogP) is 3.72. The molecule has 0 bridgehead atoms. The number of hydrogen-bond donors (Lipinski definition) is 1. The van der Waals surface area contributed by atoms with Crippen LogP contribution in [0.2, 0.25) is 0 Å². The lowest BCUT2D eigenvalue weighted by Gasteiger charge is -2.13. The summed E-state index contributed by atoms with van der Waals surface area (Å²) >= 11 is 0. The second-order valence-corrected chi connectivity index (χ2v) is 5.95. The lowest BCUT2D eigenvalue weighted by atomic mass is 10.2. The number of nitrogens with zero attached hydrogens (tertiary/aromatic N) is 5. The molecule has 3 rings (SSSR count). The molecule has 0 aliphatic rings. The van der Waals surface area contributed by atoms with Gasteiger partial charge in [0.05, 0.1) is 28.1 Å². The molecule has 1 N–H and O–H groups in total. The van der Waals surface area contributed by atoms with E-state index in [0.717, 1.165) is 35.1 Å². The maximum absolute atomic E-state index is 13.6. The number of nitro groups is 1. The molecule has 1 aromatic carbocycles. The molecular weight excluding hydrogens is 419 g/mol. The molecule has 14 heteroatoms. The molecule has 0 aliphatic heterocycles. The van der Waals surface area contributed by atoms with Crippen molar-refractivity contribution in [1.29, 1.82) is 0 Å². The Hall–Kier alpha value is -3.84. The van der Waals surface area contributed by atoms with Crippen molar-refractivity contribution in [2.75, 3.05) is 5.32 Å². The summed E-state index contributed by atoms with van der Waals surface area (Å²) < 4.78 is 68.3. The SMILES string of the molecule is Cn1cc(C(=O)Nc2cnn(-c3ccc([N+](=O)[O-])cc3)c2C(F)(F)F)c(C(F)F)n1. The summed E-state index contributed by atoms with van der Waals surface area (Å²) in [4.78, 5) is 22.3. The van der Waals surface area contributed by atoms with E-state index in [1.165, 1.54) is 7.05 Å². The fraction of sp³-hybridized carbons (Fsp3) is 0.188. The minimum absolute atomic E-state index is 0.164. The van der Waals surface area contributed by atoms with Crippen molar-refractivity contribution in [1.82, 2.24) is 19.6 Å². The van der Waals surface area contributed by atoms with Crippen LogP contribution in [-0.4, -0.2) is 30.4 Å². The molecule has 0 atom stereocenters. The second-order valence-electron chi connectivity index (χ2n) is 5.95. The van der Waals surface area contributed by atoms with Gasteiger partial charge in [-0.25, -0.2) is 13.5 Å². The van der Waals surface area contributed by atoms with Crippen molar-refractivity contribution in [3.05, 3.63) is 63.7 Å². The largest absolute Gasteiger partial charge is 0.435 e. The topological polar surface area (TPSA) is 108 Å². The highest BCUT2D eigenvalue weighted by Gasteiger charge is 2.39. The van der Waals surface area contributed by atoms with E-state index in [1.54, 1.807) is 0 Å². The lowest BCUT2D eigenvalue weighted by molar-refractivity contribution is -0.384. The van der Waals surface area contributed by atoms with Crippen LogP contribution in [0.15, 0.2) is 36.7 Å². The monoisotopic (exact) mass is 430 g/mol. The number of carbonyl (C=O) groups excluding carboxylic acids is 1. The maximum Gasteiger partial charge on any atom is 0.435 e. The molecule has 0 aliphatic carbocycles. The number of anilines is 1. The molecule has 3 aromatic rings. The third kappa shape index (κ3) is 3.97. The highest BCUT2D eigenvalue weighted by molar-refractivity contribution is 6.05. The Labute approximate surface area is 163 Å². The van der Waals surface area contributed by atoms with Gasteiger partial charge in [-0.3, -0.25) is 19.6 Å². The van der Waals surface area contributed by atoms with Crippen molar-refractivity contribution < 1.29 is 31.7 Å². The number of hydrogen-bond acceptors (Lipinski definition) is 5. The van der Waals surface area contributed by atoms with E-state index in [0.29, 0.717) is 10.9 Å². The third-order valence-electron chi connectivity index (χ3n) is 3.90. The van der Waals surface area contributed by atoms with E-state index in [1.807, 2.05) is 5.32 Å². The molecule has 1 amide bonds. The molecule has 0 fully saturated rings. The number of aromatic nitrogens is 4. The Balaban J connectivity index is 2.00. The minimum Gasteiger partial charge on any atom is -0.319 e. The van der Waals surface area contributed by atoms with Gasteiger partial charge in [0.25, 0.3) is 18.0 Å². The Morgan fingerprint density at radius 3 is 2.40 bits per heavy atom. The molecule has 9 nitrogen and oxygen atoms in total. The average Bonchev–Trinajstić information content (AvgIpc) is 3.25. The Bertz CT molecular complexity index is 1100. The fourth-order valence-electron chi connectivity index (χ4n) is 2.66. The summed E-state index contributed by atoms with van der Waals surface area (Å²) in [6.07, 6.45) is -6.47. The van der Waals surface area contributed by atoms with E-state index in [4.69, 9.17) is 0 Å². The molecule has 30 heavy (non-hydrogen) atoms. The van der Waals surface area contributed by atoms with Crippen molar-refractivity contribution in [3.8, 4) is 5.69 Å². The quantitative estimate of drug-likeness (QED) is 0.377. The molecule has 0 saturated heterocycles. The van der Waals surface area contributed by atoms with Crippen LogP contribution < -0.4 is 5.32 Å². The Kier molecular flexibility index (Phi) is 5.24. The smallest absolute Gasteiger partial charge is 0.319 e. The van der Waals surface area contributed by atoms with E-state index in [9.17, 15) is 36.9 Å². The van der Waals surface area contributed by atoms with Gasteiger partial charge in [-0.05, 0) is 12.1 Å².